The first kappa shape index (κ1) is 18.3. The molecule has 0 amide bonds. The summed E-state index contributed by atoms with van der Waals surface area (Å²) in [6, 6.07) is 9.92. The third-order valence-corrected chi connectivity index (χ3v) is 5.34. The van der Waals surface area contributed by atoms with Gasteiger partial charge in [-0.05, 0) is 18.1 Å². The molecule has 0 saturated carbocycles. The number of ether oxygens (including phenoxy) is 1. The maximum Gasteiger partial charge on any atom is 0.348 e. The number of carbonyl (C=O) groups excluding carboxylic acids is 1. The molecular weight excluding hydrogens is 350 g/mol. The minimum atomic E-state index is -0.336. The normalized spacial score (nSPS) is 10.9. The van der Waals surface area contributed by atoms with E-state index in [0.29, 0.717) is 30.3 Å². The first-order chi connectivity index (χ1) is 12.6. The number of aromatic nitrogens is 2. The standard InChI is InChI=1S/C19H21N3O3S/c1-13-15-17(22(2)9-10-23)20-12-21-18(15)26-16(13)19(24)25-11-8-14-6-4-3-5-7-14/h3-7,12,23H,8-11H2,1-2H3. The van der Waals surface area contributed by atoms with Crippen molar-refractivity contribution in [3.63, 3.8) is 0 Å². The highest BCUT2D eigenvalue weighted by Gasteiger charge is 2.21. The number of nitrogens with zero attached hydrogens (tertiary/aromatic N) is 3. The average molecular weight is 371 g/mol. The summed E-state index contributed by atoms with van der Waals surface area (Å²) in [6.07, 6.45) is 2.16. The van der Waals surface area contributed by atoms with E-state index in [0.717, 1.165) is 21.3 Å². The molecule has 0 aliphatic rings. The van der Waals surface area contributed by atoms with E-state index in [4.69, 9.17) is 9.84 Å². The molecule has 26 heavy (non-hydrogen) atoms. The van der Waals surface area contributed by atoms with Gasteiger partial charge in [-0.15, -0.1) is 11.3 Å². The van der Waals surface area contributed by atoms with Gasteiger partial charge in [-0.25, -0.2) is 14.8 Å². The third kappa shape index (κ3) is 3.84. The van der Waals surface area contributed by atoms with Gasteiger partial charge in [0.15, 0.2) is 0 Å². The maximum atomic E-state index is 12.5. The van der Waals surface area contributed by atoms with Gasteiger partial charge in [0, 0.05) is 20.0 Å². The molecule has 0 unspecified atom stereocenters. The summed E-state index contributed by atoms with van der Waals surface area (Å²) < 4.78 is 5.46. The number of anilines is 1. The predicted molar refractivity (Wildman–Crippen MR) is 103 cm³/mol. The molecule has 1 aromatic carbocycles. The van der Waals surface area contributed by atoms with E-state index < -0.39 is 0 Å². The van der Waals surface area contributed by atoms with Crippen LogP contribution in [0, 0.1) is 6.92 Å². The number of likely N-dealkylation sites (N-methyl/N-ethyl adjacent to an activating group) is 1. The Bertz CT molecular complexity index is 896. The Hall–Kier alpha value is -2.51. The van der Waals surface area contributed by atoms with Crippen molar-refractivity contribution in [1.29, 1.82) is 0 Å². The second-order valence-electron chi connectivity index (χ2n) is 5.95. The lowest BCUT2D eigenvalue weighted by molar-refractivity contribution is 0.0514. The zero-order valence-electron chi connectivity index (χ0n) is 14.8. The third-order valence-electron chi connectivity index (χ3n) is 4.16. The van der Waals surface area contributed by atoms with Crippen LogP contribution in [-0.4, -0.2) is 47.8 Å². The van der Waals surface area contributed by atoms with Gasteiger partial charge in [0.1, 0.15) is 21.9 Å². The molecule has 6 nitrogen and oxygen atoms in total. The van der Waals surface area contributed by atoms with Crippen molar-refractivity contribution in [3.05, 3.63) is 52.7 Å². The van der Waals surface area contributed by atoms with Gasteiger partial charge in [-0.3, -0.25) is 0 Å². The fourth-order valence-corrected chi connectivity index (χ4v) is 3.80. The molecule has 1 N–H and O–H groups in total. The molecule has 0 aliphatic heterocycles. The lowest BCUT2D eigenvalue weighted by Crippen LogP contribution is -2.22. The van der Waals surface area contributed by atoms with Gasteiger partial charge in [0.25, 0.3) is 0 Å². The Morgan fingerprint density at radius 2 is 2.04 bits per heavy atom. The largest absolute Gasteiger partial charge is 0.461 e. The van der Waals surface area contributed by atoms with Crippen LogP contribution in [0.4, 0.5) is 5.82 Å². The number of benzene rings is 1. The summed E-state index contributed by atoms with van der Waals surface area (Å²) in [5.74, 6) is 0.373. The smallest absolute Gasteiger partial charge is 0.348 e. The summed E-state index contributed by atoms with van der Waals surface area (Å²) in [4.78, 5) is 24.3. The summed E-state index contributed by atoms with van der Waals surface area (Å²) in [7, 11) is 1.85. The van der Waals surface area contributed by atoms with Gasteiger partial charge >= 0.3 is 5.97 Å². The Balaban J connectivity index is 1.78. The SMILES string of the molecule is Cc1c(C(=O)OCCc2ccccc2)sc2ncnc(N(C)CCO)c12. The predicted octanol–water partition coefficient (Wildman–Crippen LogP) is 2.83. The molecule has 0 fully saturated rings. The fourth-order valence-electron chi connectivity index (χ4n) is 2.76. The minimum Gasteiger partial charge on any atom is -0.461 e. The number of thiophene rings is 1. The van der Waals surface area contributed by atoms with Gasteiger partial charge in [0.05, 0.1) is 18.6 Å². The lowest BCUT2D eigenvalue weighted by Gasteiger charge is -2.17. The van der Waals surface area contributed by atoms with Crippen LogP contribution in [0.25, 0.3) is 10.2 Å². The zero-order chi connectivity index (χ0) is 18.5. The number of carbonyl (C=O) groups is 1. The number of hydrogen-bond acceptors (Lipinski definition) is 7. The quantitative estimate of drug-likeness (QED) is 0.644. The first-order valence-electron chi connectivity index (χ1n) is 8.39. The lowest BCUT2D eigenvalue weighted by atomic mass is 10.2. The molecule has 0 saturated heterocycles. The molecule has 136 valence electrons. The molecule has 0 bridgehead atoms. The Labute approximate surface area is 156 Å². The van der Waals surface area contributed by atoms with Crippen molar-refractivity contribution >= 4 is 33.3 Å². The zero-order valence-corrected chi connectivity index (χ0v) is 15.6. The topological polar surface area (TPSA) is 75.5 Å². The molecule has 0 aliphatic carbocycles. The van der Waals surface area contributed by atoms with Crippen molar-refractivity contribution in [2.75, 3.05) is 31.7 Å². The molecule has 7 heteroatoms. The molecule has 3 rings (SSSR count). The Kier molecular flexibility index (Phi) is 5.80. The number of rotatable bonds is 7. The van der Waals surface area contributed by atoms with Gasteiger partial charge in [-0.2, -0.15) is 0 Å². The van der Waals surface area contributed by atoms with Gasteiger partial charge in [-0.1, -0.05) is 30.3 Å². The fraction of sp³-hybridized carbons (Fsp3) is 0.316. The second-order valence-corrected chi connectivity index (χ2v) is 6.95. The molecule has 2 heterocycles. The van der Waals surface area contributed by atoms with E-state index >= 15 is 0 Å². The van der Waals surface area contributed by atoms with Crippen LogP contribution < -0.4 is 4.90 Å². The average Bonchev–Trinajstić information content (AvgIpc) is 3.00. The summed E-state index contributed by atoms with van der Waals surface area (Å²) >= 11 is 1.31. The summed E-state index contributed by atoms with van der Waals surface area (Å²) in [5.41, 5.74) is 1.95. The van der Waals surface area contributed by atoms with Crippen molar-refractivity contribution < 1.29 is 14.6 Å². The molecule has 0 radical (unpaired) electrons. The van der Waals surface area contributed by atoms with Gasteiger partial charge in [0.2, 0.25) is 0 Å². The van der Waals surface area contributed by atoms with Crippen molar-refractivity contribution in [1.82, 2.24) is 9.97 Å². The van der Waals surface area contributed by atoms with Crippen LogP contribution in [0.1, 0.15) is 20.8 Å². The van der Waals surface area contributed by atoms with E-state index in [1.807, 2.05) is 49.2 Å². The molecule has 3 aromatic rings. The second kappa shape index (κ2) is 8.25. The number of fused-ring (bicyclic) bond motifs is 1. The highest BCUT2D eigenvalue weighted by Crippen LogP contribution is 2.34. The maximum absolute atomic E-state index is 12.5. The molecule has 0 spiro atoms. The highest BCUT2D eigenvalue weighted by molar-refractivity contribution is 7.20. The Morgan fingerprint density at radius 3 is 2.77 bits per heavy atom. The summed E-state index contributed by atoms with van der Waals surface area (Å²) in [5, 5.41) is 10.0. The number of aliphatic hydroxyl groups excluding tert-OH is 1. The van der Waals surface area contributed by atoms with Crippen molar-refractivity contribution in [2.24, 2.45) is 0 Å². The van der Waals surface area contributed by atoms with E-state index in [1.165, 1.54) is 17.7 Å². The first-order valence-corrected chi connectivity index (χ1v) is 9.20. The van der Waals surface area contributed by atoms with E-state index in [1.54, 1.807) is 0 Å². The number of aryl methyl sites for hydroxylation is 1. The van der Waals surface area contributed by atoms with Gasteiger partial charge < -0.3 is 14.7 Å². The van der Waals surface area contributed by atoms with Crippen LogP contribution in [0.3, 0.4) is 0 Å². The van der Waals surface area contributed by atoms with Crippen LogP contribution in [0.2, 0.25) is 0 Å². The monoisotopic (exact) mass is 371 g/mol. The van der Waals surface area contributed by atoms with E-state index in [9.17, 15) is 4.79 Å². The molecule has 2 aromatic heterocycles. The van der Waals surface area contributed by atoms with Crippen molar-refractivity contribution in [3.8, 4) is 0 Å². The molecule has 0 atom stereocenters. The molecular formula is C19H21N3O3S. The minimum absolute atomic E-state index is 0.0273. The van der Waals surface area contributed by atoms with Crippen LogP contribution in [-0.2, 0) is 11.2 Å². The number of hydrogen-bond donors (Lipinski definition) is 1. The summed E-state index contributed by atoms with van der Waals surface area (Å²) in [6.45, 7) is 2.70. The number of aliphatic hydroxyl groups is 1. The van der Waals surface area contributed by atoms with Crippen LogP contribution >= 0.6 is 11.3 Å². The van der Waals surface area contributed by atoms with Crippen molar-refractivity contribution in [2.45, 2.75) is 13.3 Å². The number of esters is 1. The Morgan fingerprint density at radius 1 is 1.27 bits per heavy atom. The highest BCUT2D eigenvalue weighted by atomic mass is 32.1. The van der Waals surface area contributed by atoms with E-state index in [-0.39, 0.29) is 12.6 Å². The van der Waals surface area contributed by atoms with E-state index in [2.05, 4.69) is 9.97 Å². The van der Waals surface area contributed by atoms with Crippen LogP contribution in [0.5, 0.6) is 0 Å². The van der Waals surface area contributed by atoms with Crippen LogP contribution in [0.15, 0.2) is 36.7 Å².